The molecule has 3 aromatic carbocycles. The Morgan fingerprint density at radius 1 is 0.833 bits per heavy atom. The Kier molecular flexibility index (Phi) is 7.55. The van der Waals surface area contributed by atoms with Gasteiger partial charge in [0.05, 0.1) is 47.3 Å². The van der Waals surface area contributed by atoms with Gasteiger partial charge >= 0.3 is 0 Å². The number of carbonyl (C=O) groups excluding carboxylic acids is 1. The van der Waals surface area contributed by atoms with Crippen molar-refractivity contribution in [1.29, 1.82) is 0 Å². The lowest BCUT2D eigenvalue weighted by atomic mass is 9.97. The molecular formula is C27H27ClN2O6. The Hall–Kier alpha value is -3.91. The fourth-order valence-electron chi connectivity index (χ4n) is 4.18. The summed E-state index contributed by atoms with van der Waals surface area (Å²) >= 11 is 6.12. The first-order chi connectivity index (χ1) is 17.4. The second-order valence-electron chi connectivity index (χ2n) is 7.95. The smallest absolute Gasteiger partial charge is 0.274 e. The predicted molar refractivity (Wildman–Crippen MR) is 137 cm³/mol. The van der Waals surface area contributed by atoms with Gasteiger partial charge in [-0.05, 0) is 42.0 Å². The first kappa shape index (κ1) is 25.2. The van der Waals surface area contributed by atoms with E-state index in [1.54, 1.807) is 44.6 Å². The molecule has 8 nitrogen and oxygen atoms in total. The van der Waals surface area contributed by atoms with Gasteiger partial charge < -0.3 is 23.7 Å². The summed E-state index contributed by atoms with van der Waals surface area (Å²) in [4.78, 5) is 13.9. The molecule has 0 saturated carbocycles. The van der Waals surface area contributed by atoms with Crippen molar-refractivity contribution in [2.75, 3.05) is 35.5 Å². The third kappa shape index (κ3) is 4.77. The largest absolute Gasteiger partial charge is 0.497 e. The summed E-state index contributed by atoms with van der Waals surface area (Å²) in [6.45, 7) is 0. The van der Waals surface area contributed by atoms with E-state index in [2.05, 4.69) is 0 Å². The van der Waals surface area contributed by atoms with Crippen molar-refractivity contribution in [2.24, 2.45) is 5.10 Å². The summed E-state index contributed by atoms with van der Waals surface area (Å²) < 4.78 is 27.2. The number of methoxy groups -OCH3 is 5. The van der Waals surface area contributed by atoms with Gasteiger partial charge in [-0.15, -0.1) is 0 Å². The molecular weight excluding hydrogens is 484 g/mol. The number of benzene rings is 3. The lowest BCUT2D eigenvalue weighted by molar-refractivity contribution is 0.0710. The molecule has 1 aliphatic rings. The van der Waals surface area contributed by atoms with E-state index >= 15 is 0 Å². The fourth-order valence-corrected chi connectivity index (χ4v) is 4.30. The number of ether oxygens (including phenoxy) is 5. The molecule has 0 saturated heterocycles. The van der Waals surface area contributed by atoms with Gasteiger partial charge in [-0.1, -0.05) is 23.7 Å². The molecule has 9 heteroatoms. The van der Waals surface area contributed by atoms with Crippen LogP contribution in [0.5, 0.6) is 28.7 Å². The van der Waals surface area contributed by atoms with Crippen LogP contribution >= 0.6 is 11.6 Å². The van der Waals surface area contributed by atoms with E-state index in [9.17, 15) is 4.79 Å². The van der Waals surface area contributed by atoms with Gasteiger partial charge in [0.25, 0.3) is 5.91 Å². The summed E-state index contributed by atoms with van der Waals surface area (Å²) in [5.74, 6) is 2.10. The number of amides is 1. The van der Waals surface area contributed by atoms with E-state index in [0.29, 0.717) is 51.5 Å². The molecule has 0 radical (unpaired) electrons. The molecule has 0 N–H and O–H groups in total. The summed E-state index contributed by atoms with van der Waals surface area (Å²) in [5.41, 5.74) is 2.72. The van der Waals surface area contributed by atoms with Gasteiger partial charge in [0, 0.05) is 28.6 Å². The van der Waals surface area contributed by atoms with Gasteiger partial charge in [-0.3, -0.25) is 4.79 Å². The lowest BCUT2D eigenvalue weighted by Gasteiger charge is -2.23. The number of hydrogen-bond acceptors (Lipinski definition) is 7. The number of halogens is 1. The van der Waals surface area contributed by atoms with Crippen LogP contribution in [-0.4, -0.2) is 52.2 Å². The topological polar surface area (TPSA) is 78.8 Å². The van der Waals surface area contributed by atoms with Crippen LogP contribution in [0.1, 0.15) is 33.9 Å². The molecule has 1 atom stereocenters. The van der Waals surface area contributed by atoms with Crippen LogP contribution in [0, 0.1) is 0 Å². The van der Waals surface area contributed by atoms with Crippen molar-refractivity contribution in [3.05, 3.63) is 76.3 Å². The maximum Gasteiger partial charge on any atom is 0.274 e. The van der Waals surface area contributed by atoms with Crippen LogP contribution in [0.4, 0.5) is 0 Å². The second kappa shape index (κ2) is 10.8. The van der Waals surface area contributed by atoms with Crippen molar-refractivity contribution in [2.45, 2.75) is 12.5 Å². The van der Waals surface area contributed by atoms with E-state index in [1.807, 2.05) is 24.3 Å². The van der Waals surface area contributed by atoms with Gasteiger partial charge in [-0.2, -0.15) is 5.10 Å². The number of rotatable bonds is 8. The summed E-state index contributed by atoms with van der Waals surface area (Å²) in [6.07, 6.45) is 0.473. The number of hydrazone groups is 1. The van der Waals surface area contributed by atoms with Gasteiger partial charge in [-0.25, -0.2) is 5.01 Å². The Balaban J connectivity index is 1.81. The predicted octanol–water partition coefficient (Wildman–Crippen LogP) is 5.37. The van der Waals surface area contributed by atoms with Crippen molar-refractivity contribution in [1.82, 2.24) is 5.01 Å². The molecule has 1 unspecified atom stereocenters. The number of hydrogen-bond donors (Lipinski definition) is 0. The number of carbonyl (C=O) groups is 1. The first-order valence-electron chi connectivity index (χ1n) is 11.1. The molecule has 0 aliphatic carbocycles. The molecule has 0 aromatic heterocycles. The van der Waals surface area contributed by atoms with Crippen LogP contribution in [0.15, 0.2) is 59.7 Å². The van der Waals surface area contributed by atoms with Crippen molar-refractivity contribution < 1.29 is 28.5 Å². The Morgan fingerprint density at radius 2 is 1.47 bits per heavy atom. The van der Waals surface area contributed by atoms with E-state index in [4.69, 9.17) is 40.4 Å². The third-order valence-electron chi connectivity index (χ3n) is 6.00. The fraction of sp³-hybridized carbons (Fsp3) is 0.259. The van der Waals surface area contributed by atoms with Crippen molar-refractivity contribution in [3.8, 4) is 28.7 Å². The molecule has 1 aliphatic heterocycles. The highest BCUT2D eigenvalue weighted by Crippen LogP contribution is 2.41. The van der Waals surface area contributed by atoms with Crippen LogP contribution in [0.3, 0.4) is 0 Å². The molecule has 1 heterocycles. The quantitative estimate of drug-likeness (QED) is 0.405. The van der Waals surface area contributed by atoms with Crippen LogP contribution in [0.25, 0.3) is 0 Å². The average molecular weight is 511 g/mol. The van der Waals surface area contributed by atoms with Crippen molar-refractivity contribution >= 4 is 23.2 Å². The SMILES string of the molecule is COc1ccc(C2=NN(C(=O)c3cc(OC)c(OC)c(OC)c3)C(c3ccc(Cl)cc3)C2)c(OC)c1. The standard InChI is InChI=1S/C27H27ClN2O6/c1-32-19-10-11-20(23(14-19)33-2)21-15-22(16-6-8-18(28)9-7-16)30(29-21)27(31)17-12-24(34-3)26(36-5)25(13-17)35-4/h6-14,22H,15H2,1-5H3. The van der Waals surface area contributed by atoms with Gasteiger partial charge in [0.15, 0.2) is 11.5 Å². The molecule has 4 rings (SSSR count). The molecule has 188 valence electrons. The highest BCUT2D eigenvalue weighted by atomic mass is 35.5. The molecule has 0 fully saturated rings. The van der Waals surface area contributed by atoms with Crippen LogP contribution in [0.2, 0.25) is 5.02 Å². The molecule has 0 spiro atoms. The van der Waals surface area contributed by atoms with Gasteiger partial charge in [0.2, 0.25) is 5.75 Å². The molecule has 0 bridgehead atoms. The Morgan fingerprint density at radius 3 is 2.03 bits per heavy atom. The lowest BCUT2D eigenvalue weighted by Crippen LogP contribution is -2.27. The summed E-state index contributed by atoms with van der Waals surface area (Å²) in [5, 5.41) is 6.85. The minimum atomic E-state index is -0.365. The van der Waals surface area contributed by atoms with Crippen LogP contribution in [-0.2, 0) is 0 Å². The minimum absolute atomic E-state index is 0.323. The van der Waals surface area contributed by atoms with Crippen molar-refractivity contribution in [3.63, 3.8) is 0 Å². The van der Waals surface area contributed by atoms with E-state index in [0.717, 1.165) is 11.1 Å². The maximum absolute atomic E-state index is 13.9. The summed E-state index contributed by atoms with van der Waals surface area (Å²) in [6, 6.07) is 15.8. The minimum Gasteiger partial charge on any atom is -0.497 e. The normalized spacial score (nSPS) is 14.8. The third-order valence-corrected chi connectivity index (χ3v) is 6.26. The molecule has 3 aromatic rings. The average Bonchev–Trinajstić information content (AvgIpc) is 3.36. The van der Waals surface area contributed by atoms with Crippen LogP contribution < -0.4 is 23.7 Å². The first-order valence-corrected chi connectivity index (χ1v) is 11.5. The van der Waals surface area contributed by atoms with E-state index in [-0.39, 0.29) is 11.9 Å². The zero-order valence-electron chi connectivity index (χ0n) is 20.7. The van der Waals surface area contributed by atoms with E-state index in [1.165, 1.54) is 26.3 Å². The Bertz CT molecular complexity index is 1270. The summed E-state index contributed by atoms with van der Waals surface area (Å²) in [7, 11) is 7.70. The Labute approximate surface area is 214 Å². The molecule has 36 heavy (non-hydrogen) atoms. The monoisotopic (exact) mass is 510 g/mol. The van der Waals surface area contributed by atoms with Gasteiger partial charge in [0.1, 0.15) is 11.5 Å². The highest BCUT2D eigenvalue weighted by Gasteiger charge is 2.35. The maximum atomic E-state index is 13.9. The number of nitrogens with zero attached hydrogens (tertiary/aromatic N) is 2. The zero-order valence-corrected chi connectivity index (χ0v) is 21.5. The highest BCUT2D eigenvalue weighted by molar-refractivity contribution is 6.30. The van der Waals surface area contributed by atoms with E-state index < -0.39 is 0 Å². The zero-order chi connectivity index (χ0) is 25.8. The molecule has 1 amide bonds. The second-order valence-corrected chi connectivity index (χ2v) is 8.38.